The van der Waals surface area contributed by atoms with E-state index in [9.17, 15) is 14.4 Å². The van der Waals surface area contributed by atoms with E-state index in [0.29, 0.717) is 5.69 Å². The Bertz CT molecular complexity index is 707. The number of hydrogen-bond acceptors (Lipinski definition) is 3. The molecule has 3 N–H and O–H groups in total. The van der Waals surface area contributed by atoms with Crippen LogP contribution in [0.5, 0.6) is 0 Å². The summed E-state index contributed by atoms with van der Waals surface area (Å²) in [5.74, 6) is -1.04. The van der Waals surface area contributed by atoms with Gasteiger partial charge >= 0.3 is 0 Å². The number of anilines is 1. The van der Waals surface area contributed by atoms with Crippen molar-refractivity contribution in [2.75, 3.05) is 18.4 Å². The van der Waals surface area contributed by atoms with E-state index < -0.39 is 5.91 Å². The summed E-state index contributed by atoms with van der Waals surface area (Å²) in [5, 5.41) is 9.52. The average molecular weight is 299 g/mol. The molecule has 0 aliphatic rings. The van der Waals surface area contributed by atoms with Gasteiger partial charge in [0.25, 0.3) is 0 Å². The number of rotatable bonds is 5. The topological polar surface area (TPSA) is 87.3 Å². The van der Waals surface area contributed by atoms with E-state index in [4.69, 9.17) is 0 Å². The van der Waals surface area contributed by atoms with E-state index in [1.165, 1.54) is 6.92 Å². The van der Waals surface area contributed by atoms with Crippen LogP contribution in [0.1, 0.15) is 6.92 Å². The fourth-order valence-electron chi connectivity index (χ4n) is 1.97. The molecule has 0 aliphatic heterocycles. The van der Waals surface area contributed by atoms with Gasteiger partial charge in [-0.2, -0.15) is 0 Å². The van der Waals surface area contributed by atoms with Crippen molar-refractivity contribution in [1.82, 2.24) is 10.6 Å². The quantitative estimate of drug-likeness (QED) is 0.770. The van der Waals surface area contributed by atoms with Gasteiger partial charge in [-0.3, -0.25) is 14.4 Å². The van der Waals surface area contributed by atoms with E-state index in [1.807, 2.05) is 36.4 Å². The van der Waals surface area contributed by atoms with Crippen LogP contribution in [-0.4, -0.2) is 30.8 Å². The van der Waals surface area contributed by atoms with Crippen LogP contribution >= 0.6 is 0 Å². The smallest absolute Gasteiger partial charge is 0.243 e. The predicted octanol–water partition coefficient (Wildman–Crippen LogP) is 1.03. The molecule has 0 radical (unpaired) electrons. The maximum absolute atomic E-state index is 11.9. The first kappa shape index (κ1) is 15.5. The van der Waals surface area contributed by atoms with Gasteiger partial charge in [0.05, 0.1) is 13.1 Å². The Kier molecular flexibility index (Phi) is 5.08. The van der Waals surface area contributed by atoms with Gasteiger partial charge in [-0.05, 0) is 11.5 Å². The molecule has 0 heterocycles. The Labute approximate surface area is 127 Å². The molecule has 0 saturated carbocycles. The van der Waals surface area contributed by atoms with Gasteiger partial charge in [-0.25, -0.2) is 0 Å². The second-order valence-electron chi connectivity index (χ2n) is 4.76. The molecule has 0 fully saturated rings. The van der Waals surface area contributed by atoms with E-state index in [2.05, 4.69) is 16.0 Å². The number of hydrogen-bond donors (Lipinski definition) is 3. The maximum Gasteiger partial charge on any atom is 0.243 e. The molecule has 0 bridgehead atoms. The Morgan fingerprint density at radius 3 is 2.32 bits per heavy atom. The largest absolute Gasteiger partial charge is 0.347 e. The molecule has 2 aromatic carbocycles. The SMILES string of the molecule is CC(=O)NCC(=O)NCC(=O)Nc1cccc2ccccc12. The van der Waals surface area contributed by atoms with Crippen molar-refractivity contribution in [3.8, 4) is 0 Å². The number of fused-ring (bicyclic) bond motifs is 1. The maximum atomic E-state index is 11.9. The molecule has 0 unspecified atom stereocenters. The highest BCUT2D eigenvalue weighted by atomic mass is 16.2. The van der Waals surface area contributed by atoms with Gasteiger partial charge in [0.2, 0.25) is 17.7 Å². The Morgan fingerprint density at radius 2 is 1.55 bits per heavy atom. The summed E-state index contributed by atoms with van der Waals surface area (Å²) in [6, 6.07) is 13.3. The second kappa shape index (κ2) is 7.21. The van der Waals surface area contributed by atoms with Crippen molar-refractivity contribution in [1.29, 1.82) is 0 Å². The van der Waals surface area contributed by atoms with Crippen molar-refractivity contribution >= 4 is 34.2 Å². The molecule has 0 saturated heterocycles. The normalized spacial score (nSPS) is 10.0. The summed E-state index contributed by atoms with van der Waals surface area (Å²) in [6.45, 7) is 1.03. The summed E-state index contributed by atoms with van der Waals surface area (Å²) < 4.78 is 0. The fourth-order valence-corrected chi connectivity index (χ4v) is 1.97. The molecule has 0 aliphatic carbocycles. The monoisotopic (exact) mass is 299 g/mol. The number of benzene rings is 2. The van der Waals surface area contributed by atoms with Crippen LogP contribution in [0, 0.1) is 0 Å². The zero-order valence-corrected chi connectivity index (χ0v) is 12.2. The molecule has 2 aromatic rings. The molecule has 0 aromatic heterocycles. The summed E-state index contributed by atoms with van der Waals surface area (Å²) in [6.07, 6.45) is 0. The molecule has 6 nitrogen and oxygen atoms in total. The zero-order chi connectivity index (χ0) is 15.9. The van der Waals surface area contributed by atoms with Crippen molar-refractivity contribution in [3.63, 3.8) is 0 Å². The first-order valence-corrected chi connectivity index (χ1v) is 6.85. The number of carbonyl (C=O) groups excluding carboxylic acids is 3. The number of nitrogens with one attached hydrogen (secondary N) is 3. The lowest BCUT2D eigenvalue weighted by atomic mass is 10.1. The van der Waals surface area contributed by atoms with Gasteiger partial charge in [0, 0.05) is 18.0 Å². The Morgan fingerprint density at radius 1 is 0.864 bits per heavy atom. The summed E-state index contributed by atoms with van der Waals surface area (Å²) in [7, 11) is 0. The predicted molar refractivity (Wildman–Crippen MR) is 84.3 cm³/mol. The highest BCUT2D eigenvalue weighted by Gasteiger charge is 2.08. The van der Waals surface area contributed by atoms with Crippen LogP contribution in [0.3, 0.4) is 0 Å². The lowest BCUT2D eigenvalue weighted by Crippen LogP contribution is -2.39. The van der Waals surface area contributed by atoms with Crippen molar-refractivity contribution in [3.05, 3.63) is 42.5 Å². The third-order valence-electron chi connectivity index (χ3n) is 3.01. The molecular weight excluding hydrogens is 282 g/mol. The van der Waals surface area contributed by atoms with E-state index in [1.54, 1.807) is 6.07 Å². The minimum Gasteiger partial charge on any atom is -0.347 e. The highest BCUT2D eigenvalue weighted by molar-refractivity contribution is 6.03. The second-order valence-corrected chi connectivity index (χ2v) is 4.76. The molecule has 0 spiro atoms. The molecule has 2 rings (SSSR count). The fraction of sp³-hybridized carbons (Fsp3) is 0.188. The zero-order valence-electron chi connectivity index (χ0n) is 12.2. The standard InChI is InChI=1S/C16H17N3O3/c1-11(20)17-9-15(21)18-10-16(22)19-14-8-4-6-12-5-2-3-7-13(12)14/h2-8H,9-10H2,1H3,(H,17,20)(H,18,21)(H,19,22). The minimum atomic E-state index is -0.414. The van der Waals surface area contributed by atoms with E-state index in [-0.39, 0.29) is 24.9 Å². The van der Waals surface area contributed by atoms with E-state index in [0.717, 1.165) is 10.8 Å². The average Bonchev–Trinajstić information content (AvgIpc) is 2.51. The van der Waals surface area contributed by atoms with Gasteiger partial charge in [0.15, 0.2) is 0 Å². The minimum absolute atomic E-state index is 0.142. The van der Waals surface area contributed by atoms with Gasteiger partial charge in [-0.1, -0.05) is 36.4 Å². The van der Waals surface area contributed by atoms with Crippen LogP contribution in [0.4, 0.5) is 5.69 Å². The molecule has 114 valence electrons. The summed E-state index contributed by atoms with van der Waals surface area (Å²) in [4.78, 5) is 34.0. The Balaban J connectivity index is 1.91. The van der Waals surface area contributed by atoms with Crippen LogP contribution in [0.2, 0.25) is 0 Å². The molecule has 22 heavy (non-hydrogen) atoms. The molecule has 6 heteroatoms. The third kappa shape index (κ3) is 4.31. The van der Waals surface area contributed by atoms with E-state index >= 15 is 0 Å². The number of amides is 3. The molecule has 3 amide bonds. The first-order valence-electron chi connectivity index (χ1n) is 6.85. The Hall–Kier alpha value is -2.89. The van der Waals surface area contributed by atoms with Gasteiger partial charge in [0.1, 0.15) is 0 Å². The third-order valence-corrected chi connectivity index (χ3v) is 3.01. The van der Waals surface area contributed by atoms with Crippen LogP contribution < -0.4 is 16.0 Å². The van der Waals surface area contributed by atoms with Crippen LogP contribution in [0.15, 0.2) is 42.5 Å². The highest BCUT2D eigenvalue weighted by Crippen LogP contribution is 2.22. The van der Waals surface area contributed by atoms with Crippen LogP contribution in [0.25, 0.3) is 10.8 Å². The number of carbonyl (C=O) groups is 3. The molecular formula is C16H17N3O3. The van der Waals surface area contributed by atoms with Gasteiger partial charge < -0.3 is 16.0 Å². The van der Waals surface area contributed by atoms with Crippen molar-refractivity contribution < 1.29 is 14.4 Å². The lowest BCUT2D eigenvalue weighted by molar-refractivity contribution is -0.126. The van der Waals surface area contributed by atoms with Crippen molar-refractivity contribution in [2.45, 2.75) is 6.92 Å². The van der Waals surface area contributed by atoms with Crippen molar-refractivity contribution in [2.24, 2.45) is 0 Å². The lowest BCUT2D eigenvalue weighted by Gasteiger charge is -2.09. The van der Waals surface area contributed by atoms with Gasteiger partial charge in [-0.15, -0.1) is 0 Å². The molecule has 0 atom stereocenters. The van der Waals surface area contributed by atoms with Crippen LogP contribution in [-0.2, 0) is 14.4 Å². The summed E-state index contributed by atoms with van der Waals surface area (Å²) >= 11 is 0. The first-order chi connectivity index (χ1) is 10.6. The summed E-state index contributed by atoms with van der Waals surface area (Å²) in [5.41, 5.74) is 0.694.